The number of esters is 1. The van der Waals surface area contributed by atoms with Gasteiger partial charge in [0.05, 0.1) is 0 Å². The lowest BCUT2D eigenvalue weighted by Crippen LogP contribution is -2.46. The first kappa shape index (κ1) is 27.9. The Morgan fingerprint density at radius 2 is 1.81 bits per heavy atom. The molecule has 0 spiro atoms. The molecule has 0 aliphatic heterocycles. The van der Waals surface area contributed by atoms with E-state index in [1.807, 2.05) is 43.3 Å². The largest absolute Gasteiger partial charge is 0.445 e. The molecule has 1 amide bonds. The molecule has 192 valence electrons. The quantitative estimate of drug-likeness (QED) is 0.137. The van der Waals surface area contributed by atoms with Crippen molar-refractivity contribution in [2.75, 3.05) is 5.33 Å². The number of nitrogens with one attached hydrogen (secondary N) is 1. The van der Waals surface area contributed by atoms with Crippen LogP contribution < -0.4 is 15.7 Å². The second kappa shape index (κ2) is 12.5. The number of carbonyl (C=O) groups excluding carboxylic acids is 2. The summed E-state index contributed by atoms with van der Waals surface area (Å²) in [5.41, 5.74) is 2.82. The number of ether oxygens (including phenoxy) is 2. The fraction of sp³-hybridized carbons (Fsp3) is 0.370. The van der Waals surface area contributed by atoms with Crippen molar-refractivity contribution in [3.8, 4) is 5.75 Å². The van der Waals surface area contributed by atoms with Crippen molar-refractivity contribution in [2.24, 2.45) is 5.92 Å². The second-order valence-electron chi connectivity index (χ2n) is 8.92. The number of benzene rings is 2. The van der Waals surface area contributed by atoms with Crippen LogP contribution in [-0.4, -0.2) is 28.3 Å². The summed E-state index contributed by atoms with van der Waals surface area (Å²) < 4.78 is 16.6. The third-order valence-electron chi connectivity index (χ3n) is 5.72. The van der Waals surface area contributed by atoms with Gasteiger partial charge in [0.1, 0.15) is 24.0 Å². The van der Waals surface area contributed by atoms with Gasteiger partial charge in [-0.3, -0.25) is 0 Å². The molecule has 7 nitrogen and oxygen atoms in total. The molecule has 1 aromatic heterocycles. The first-order chi connectivity index (χ1) is 17.1. The highest BCUT2D eigenvalue weighted by molar-refractivity contribution is 9.12. The molecule has 0 aliphatic rings. The van der Waals surface area contributed by atoms with E-state index in [9.17, 15) is 14.4 Å². The maximum Gasteiger partial charge on any atom is 0.408 e. The zero-order valence-corrected chi connectivity index (χ0v) is 23.8. The van der Waals surface area contributed by atoms with Gasteiger partial charge in [0.2, 0.25) is 0 Å². The summed E-state index contributed by atoms with van der Waals surface area (Å²) in [5.74, 6) is -0.584. The molecule has 3 aromatic rings. The molecular formula is C27H29Br2NO6. The topological polar surface area (TPSA) is 94.8 Å². The summed E-state index contributed by atoms with van der Waals surface area (Å²) in [6, 6.07) is 11.6. The Hall–Kier alpha value is -2.65. The predicted molar refractivity (Wildman–Crippen MR) is 146 cm³/mol. The Morgan fingerprint density at radius 1 is 1.11 bits per heavy atom. The summed E-state index contributed by atoms with van der Waals surface area (Å²) in [7, 11) is 0. The van der Waals surface area contributed by atoms with E-state index in [0.717, 1.165) is 22.1 Å². The molecule has 2 atom stereocenters. The van der Waals surface area contributed by atoms with E-state index in [1.54, 1.807) is 20.8 Å². The SMILES string of the molecule is Cc1cc(=O)oc2c(C)c(OC(=O)[C@@H](NC(=O)OCc3ccccc3)C(C)C)c(C[C@@H](Br)CBr)cc12. The van der Waals surface area contributed by atoms with Gasteiger partial charge in [-0.25, -0.2) is 14.4 Å². The molecule has 0 radical (unpaired) electrons. The van der Waals surface area contributed by atoms with Crippen LogP contribution in [0.1, 0.15) is 36.1 Å². The Kier molecular flexibility index (Phi) is 9.73. The van der Waals surface area contributed by atoms with Crippen LogP contribution in [-0.2, 0) is 22.6 Å². The van der Waals surface area contributed by atoms with E-state index in [1.165, 1.54) is 6.07 Å². The van der Waals surface area contributed by atoms with Gasteiger partial charge in [0.25, 0.3) is 0 Å². The van der Waals surface area contributed by atoms with E-state index in [2.05, 4.69) is 37.2 Å². The highest BCUT2D eigenvalue weighted by Gasteiger charge is 2.29. The number of fused-ring (bicyclic) bond motifs is 1. The van der Waals surface area contributed by atoms with Crippen LogP contribution in [0.15, 0.2) is 51.7 Å². The molecule has 0 fully saturated rings. The molecule has 0 saturated carbocycles. The summed E-state index contributed by atoms with van der Waals surface area (Å²) in [4.78, 5) is 37.9. The zero-order valence-electron chi connectivity index (χ0n) is 20.6. The Bertz CT molecular complexity index is 1290. The standard InChI is InChI=1S/C27H29Br2NO6/c1-15(2)23(30-27(33)34-14-18-8-6-5-7-9-18)26(32)36-24-17(4)25-21(16(3)10-22(31)35-25)12-19(24)11-20(29)13-28/h5-10,12,15,20,23H,11,13-14H2,1-4H3,(H,30,33)/t20-,23+/m1/s1. The van der Waals surface area contributed by atoms with Crippen LogP contribution in [0.25, 0.3) is 11.0 Å². The molecule has 3 rings (SSSR count). The summed E-state index contributed by atoms with van der Waals surface area (Å²) in [6.07, 6.45) is -0.159. The smallest absolute Gasteiger partial charge is 0.408 e. The highest BCUT2D eigenvalue weighted by atomic mass is 79.9. The summed E-state index contributed by atoms with van der Waals surface area (Å²) in [6.45, 7) is 7.28. The lowest BCUT2D eigenvalue weighted by Gasteiger charge is -2.23. The first-order valence-corrected chi connectivity index (χ1v) is 13.6. The molecule has 0 unspecified atom stereocenters. The summed E-state index contributed by atoms with van der Waals surface area (Å²) >= 11 is 7.08. The van der Waals surface area contributed by atoms with Gasteiger partial charge in [0, 0.05) is 27.2 Å². The van der Waals surface area contributed by atoms with Crippen molar-refractivity contribution in [3.63, 3.8) is 0 Å². The number of hydrogen-bond acceptors (Lipinski definition) is 6. The molecule has 1 heterocycles. The van der Waals surface area contributed by atoms with Crippen molar-refractivity contribution < 1.29 is 23.5 Å². The van der Waals surface area contributed by atoms with Crippen molar-refractivity contribution in [1.29, 1.82) is 0 Å². The fourth-order valence-corrected chi connectivity index (χ4v) is 4.38. The van der Waals surface area contributed by atoms with E-state index in [-0.39, 0.29) is 17.4 Å². The molecule has 0 aliphatic carbocycles. The number of rotatable bonds is 9. The number of hydrogen-bond donors (Lipinski definition) is 1. The van der Waals surface area contributed by atoms with Crippen LogP contribution in [0.2, 0.25) is 0 Å². The van der Waals surface area contributed by atoms with E-state index < -0.39 is 23.7 Å². The molecule has 2 aromatic carbocycles. The molecule has 9 heteroatoms. The lowest BCUT2D eigenvalue weighted by atomic mass is 9.99. The number of aryl methyl sites for hydroxylation is 2. The Balaban J connectivity index is 1.88. The third kappa shape index (κ3) is 6.97. The minimum atomic E-state index is -0.948. The second-order valence-corrected chi connectivity index (χ2v) is 10.9. The monoisotopic (exact) mass is 621 g/mol. The van der Waals surface area contributed by atoms with Crippen LogP contribution in [0.5, 0.6) is 5.75 Å². The fourth-order valence-electron chi connectivity index (χ4n) is 3.80. The first-order valence-electron chi connectivity index (χ1n) is 11.6. The van der Waals surface area contributed by atoms with E-state index in [4.69, 9.17) is 13.9 Å². The average Bonchev–Trinajstić information content (AvgIpc) is 2.84. The van der Waals surface area contributed by atoms with Crippen molar-refractivity contribution in [1.82, 2.24) is 5.32 Å². The lowest BCUT2D eigenvalue weighted by molar-refractivity contribution is -0.137. The number of alkyl carbamates (subject to hydrolysis) is 1. The zero-order chi connectivity index (χ0) is 26.4. The number of amides is 1. The molecular weight excluding hydrogens is 594 g/mol. The van der Waals surface area contributed by atoms with Gasteiger partial charge in [-0.15, -0.1) is 0 Å². The maximum absolute atomic E-state index is 13.3. The number of alkyl halides is 2. The van der Waals surface area contributed by atoms with Crippen LogP contribution >= 0.6 is 31.9 Å². The van der Waals surface area contributed by atoms with Crippen molar-refractivity contribution in [3.05, 3.63) is 75.1 Å². The maximum atomic E-state index is 13.3. The highest BCUT2D eigenvalue weighted by Crippen LogP contribution is 2.34. The normalized spacial score (nSPS) is 12.9. The Morgan fingerprint density at radius 3 is 2.44 bits per heavy atom. The van der Waals surface area contributed by atoms with E-state index in [0.29, 0.717) is 28.6 Å². The van der Waals surface area contributed by atoms with E-state index >= 15 is 0 Å². The molecule has 0 bridgehead atoms. The van der Waals surface area contributed by atoms with Gasteiger partial charge >= 0.3 is 17.7 Å². The van der Waals surface area contributed by atoms with Crippen LogP contribution in [0.3, 0.4) is 0 Å². The molecule has 0 saturated heterocycles. The third-order valence-corrected chi connectivity index (χ3v) is 8.01. The minimum absolute atomic E-state index is 0.0785. The van der Waals surface area contributed by atoms with Gasteiger partial charge in [0.15, 0.2) is 0 Å². The number of carbonyl (C=O) groups is 2. The Labute approximate surface area is 226 Å². The van der Waals surface area contributed by atoms with Gasteiger partial charge in [-0.2, -0.15) is 0 Å². The number of halogens is 2. The van der Waals surface area contributed by atoms with Crippen molar-refractivity contribution in [2.45, 2.75) is 51.6 Å². The summed E-state index contributed by atoms with van der Waals surface area (Å²) in [5, 5.41) is 4.09. The molecule has 1 N–H and O–H groups in total. The van der Waals surface area contributed by atoms with Crippen LogP contribution in [0, 0.1) is 19.8 Å². The van der Waals surface area contributed by atoms with Crippen molar-refractivity contribution >= 4 is 54.9 Å². The van der Waals surface area contributed by atoms with Gasteiger partial charge in [-0.05, 0) is 48.9 Å². The predicted octanol–water partition coefficient (Wildman–Crippen LogP) is 5.97. The molecule has 36 heavy (non-hydrogen) atoms. The van der Waals surface area contributed by atoms with Crippen LogP contribution in [0.4, 0.5) is 4.79 Å². The average molecular weight is 623 g/mol. The minimum Gasteiger partial charge on any atom is -0.445 e. The van der Waals surface area contributed by atoms with Gasteiger partial charge < -0.3 is 19.2 Å². The van der Waals surface area contributed by atoms with Gasteiger partial charge in [-0.1, -0.05) is 76.0 Å².